The number of fused-ring (bicyclic) bond motifs is 1. The zero-order valence-electron chi connectivity index (χ0n) is 6.75. The van der Waals surface area contributed by atoms with E-state index >= 15 is 0 Å². The maximum atomic E-state index is 9.32. The van der Waals surface area contributed by atoms with E-state index in [1.165, 1.54) is 0 Å². The molecule has 1 aromatic rings. The van der Waals surface area contributed by atoms with Crippen molar-refractivity contribution in [3.8, 4) is 5.75 Å². The van der Waals surface area contributed by atoms with Gasteiger partial charge in [-0.1, -0.05) is 18.2 Å². The molecule has 0 heterocycles. The first-order valence-electron chi connectivity index (χ1n) is 4.07. The number of rotatable bonds is 0. The van der Waals surface area contributed by atoms with Crippen LogP contribution in [0.5, 0.6) is 5.75 Å². The first-order valence-corrected chi connectivity index (χ1v) is 4.07. The Morgan fingerprint density at radius 1 is 1.17 bits per heavy atom. The summed E-state index contributed by atoms with van der Waals surface area (Å²) in [7, 11) is 0. The summed E-state index contributed by atoms with van der Waals surface area (Å²) in [4.78, 5) is 0. The highest BCUT2D eigenvalue weighted by atomic mass is 16.3. The van der Waals surface area contributed by atoms with E-state index < -0.39 is 0 Å². The van der Waals surface area contributed by atoms with Crippen LogP contribution in [0.15, 0.2) is 12.1 Å². The molecule has 0 saturated heterocycles. The van der Waals surface area contributed by atoms with Crippen LogP contribution in [0.1, 0.15) is 12.8 Å². The lowest BCUT2D eigenvalue weighted by atomic mass is 10.1. The molecule has 0 radical (unpaired) electrons. The number of nitrogen functional groups attached to an aromatic ring is 1. The van der Waals surface area contributed by atoms with E-state index in [-0.39, 0.29) is 5.75 Å². The standard InChI is InChI=1S/C10H11NO/c11-10-8-4-2-1-3-7(8)5-6-9(10)12/h3-6,12H,1-2,11H2. The van der Waals surface area contributed by atoms with Gasteiger partial charge in [-0.15, -0.1) is 0 Å². The molecule has 1 aromatic carbocycles. The summed E-state index contributed by atoms with van der Waals surface area (Å²) in [6.45, 7) is 0. The summed E-state index contributed by atoms with van der Waals surface area (Å²) in [5.41, 5.74) is 6.21. The molecule has 1 aliphatic rings. The van der Waals surface area contributed by atoms with E-state index in [1.807, 2.05) is 6.07 Å². The predicted octanol–water partition coefficient (Wildman–Crippen LogP) is 0.329. The van der Waals surface area contributed by atoms with Crippen LogP contribution in [0.3, 0.4) is 0 Å². The fourth-order valence-corrected chi connectivity index (χ4v) is 1.51. The van der Waals surface area contributed by atoms with Crippen LogP contribution < -0.4 is 16.2 Å². The highest BCUT2D eigenvalue weighted by molar-refractivity contribution is 5.58. The van der Waals surface area contributed by atoms with Gasteiger partial charge in [0.2, 0.25) is 0 Å². The highest BCUT2D eigenvalue weighted by Gasteiger charge is 2.00. The number of aromatic hydroxyl groups is 1. The van der Waals surface area contributed by atoms with E-state index in [0.717, 1.165) is 23.3 Å². The quantitative estimate of drug-likeness (QED) is 0.425. The fourth-order valence-electron chi connectivity index (χ4n) is 1.51. The van der Waals surface area contributed by atoms with Crippen LogP contribution in [0.2, 0.25) is 0 Å². The Kier molecular flexibility index (Phi) is 1.54. The van der Waals surface area contributed by atoms with Crippen molar-refractivity contribution in [3.05, 3.63) is 22.6 Å². The SMILES string of the molecule is Nc1c(O)ccc2c1=CCCC=2. The average molecular weight is 161 g/mol. The molecule has 12 heavy (non-hydrogen) atoms. The number of nitrogens with two attached hydrogens (primary N) is 1. The zero-order valence-corrected chi connectivity index (χ0v) is 6.75. The lowest BCUT2D eigenvalue weighted by Crippen LogP contribution is -2.29. The zero-order chi connectivity index (χ0) is 8.55. The van der Waals surface area contributed by atoms with Gasteiger partial charge in [-0.25, -0.2) is 0 Å². The van der Waals surface area contributed by atoms with Crippen LogP contribution in [0, 0.1) is 0 Å². The molecule has 0 unspecified atom stereocenters. The number of anilines is 1. The molecule has 0 aromatic heterocycles. The Morgan fingerprint density at radius 2 is 1.92 bits per heavy atom. The molecule has 0 bridgehead atoms. The van der Waals surface area contributed by atoms with Crippen LogP contribution >= 0.6 is 0 Å². The van der Waals surface area contributed by atoms with Crippen LogP contribution in [0.25, 0.3) is 12.2 Å². The Labute approximate surface area is 70.6 Å². The molecular weight excluding hydrogens is 150 g/mol. The molecule has 0 spiro atoms. The molecule has 0 amide bonds. The lowest BCUT2D eigenvalue weighted by molar-refractivity contribution is 0.477. The topological polar surface area (TPSA) is 46.2 Å². The summed E-state index contributed by atoms with van der Waals surface area (Å²) in [5.74, 6) is 0.181. The fraction of sp³-hybridized carbons (Fsp3) is 0.200. The molecule has 3 N–H and O–H groups in total. The van der Waals surface area contributed by atoms with Crippen molar-refractivity contribution in [3.63, 3.8) is 0 Å². The maximum Gasteiger partial charge on any atom is 0.139 e. The van der Waals surface area contributed by atoms with Crippen molar-refractivity contribution >= 4 is 17.8 Å². The molecule has 0 saturated carbocycles. The lowest BCUT2D eigenvalue weighted by Gasteiger charge is -2.04. The third kappa shape index (κ3) is 0.961. The van der Waals surface area contributed by atoms with Gasteiger partial charge in [-0.3, -0.25) is 0 Å². The van der Waals surface area contributed by atoms with Gasteiger partial charge in [-0.2, -0.15) is 0 Å². The monoisotopic (exact) mass is 161 g/mol. The number of hydrogen-bond donors (Lipinski definition) is 2. The summed E-state index contributed by atoms with van der Waals surface area (Å²) < 4.78 is 0. The highest BCUT2D eigenvalue weighted by Crippen LogP contribution is 2.12. The third-order valence-corrected chi connectivity index (χ3v) is 2.18. The molecule has 1 aliphatic carbocycles. The predicted molar refractivity (Wildman–Crippen MR) is 49.9 cm³/mol. The van der Waals surface area contributed by atoms with Crippen LogP contribution in [0.4, 0.5) is 5.69 Å². The minimum absolute atomic E-state index is 0.181. The van der Waals surface area contributed by atoms with Crippen molar-refractivity contribution in [1.29, 1.82) is 0 Å². The van der Waals surface area contributed by atoms with Crippen molar-refractivity contribution < 1.29 is 5.11 Å². The second kappa shape index (κ2) is 2.55. The number of benzene rings is 1. The Morgan fingerprint density at radius 3 is 2.75 bits per heavy atom. The van der Waals surface area contributed by atoms with Crippen molar-refractivity contribution in [2.24, 2.45) is 0 Å². The Balaban J connectivity index is 2.88. The smallest absolute Gasteiger partial charge is 0.139 e. The van der Waals surface area contributed by atoms with E-state index in [0.29, 0.717) is 5.69 Å². The minimum atomic E-state index is 0.181. The Hall–Kier alpha value is -1.44. The summed E-state index contributed by atoms with van der Waals surface area (Å²) in [6, 6.07) is 3.54. The van der Waals surface area contributed by atoms with Crippen LogP contribution in [-0.2, 0) is 0 Å². The minimum Gasteiger partial charge on any atom is -0.506 e. The molecule has 2 nitrogen and oxygen atoms in total. The second-order valence-electron chi connectivity index (χ2n) is 2.99. The molecule has 0 aliphatic heterocycles. The van der Waals surface area contributed by atoms with Gasteiger partial charge >= 0.3 is 0 Å². The van der Waals surface area contributed by atoms with Gasteiger partial charge < -0.3 is 10.8 Å². The first kappa shape index (κ1) is 7.22. The van der Waals surface area contributed by atoms with Crippen molar-refractivity contribution in [2.75, 3.05) is 5.73 Å². The molecule has 2 rings (SSSR count). The molecule has 2 heteroatoms. The second-order valence-corrected chi connectivity index (χ2v) is 2.99. The summed E-state index contributed by atoms with van der Waals surface area (Å²) in [5, 5.41) is 11.4. The normalized spacial score (nSPS) is 14.3. The van der Waals surface area contributed by atoms with Crippen molar-refractivity contribution in [1.82, 2.24) is 0 Å². The molecular formula is C10H11NO. The largest absolute Gasteiger partial charge is 0.506 e. The third-order valence-electron chi connectivity index (χ3n) is 2.18. The number of hydrogen-bond acceptors (Lipinski definition) is 2. The van der Waals surface area contributed by atoms with Gasteiger partial charge in [0.25, 0.3) is 0 Å². The number of phenols is 1. The number of phenolic OH excluding ortho intramolecular Hbond substituents is 1. The van der Waals surface area contributed by atoms with E-state index in [9.17, 15) is 5.11 Å². The summed E-state index contributed by atoms with van der Waals surface area (Å²) >= 11 is 0. The summed E-state index contributed by atoms with van der Waals surface area (Å²) in [6.07, 6.45) is 6.30. The Bertz CT molecular complexity index is 420. The van der Waals surface area contributed by atoms with Gasteiger partial charge in [0.05, 0.1) is 5.69 Å². The van der Waals surface area contributed by atoms with Crippen LogP contribution in [-0.4, -0.2) is 5.11 Å². The van der Waals surface area contributed by atoms with Gasteiger partial charge in [-0.05, 0) is 24.1 Å². The molecule has 62 valence electrons. The molecule has 0 fully saturated rings. The van der Waals surface area contributed by atoms with Crippen molar-refractivity contribution in [2.45, 2.75) is 12.8 Å². The first-order chi connectivity index (χ1) is 5.79. The van der Waals surface area contributed by atoms with Gasteiger partial charge in [0.15, 0.2) is 0 Å². The van der Waals surface area contributed by atoms with E-state index in [1.54, 1.807) is 6.07 Å². The van der Waals surface area contributed by atoms with Gasteiger partial charge in [0, 0.05) is 5.22 Å². The molecule has 0 atom stereocenters. The van der Waals surface area contributed by atoms with E-state index in [4.69, 9.17) is 5.73 Å². The maximum absolute atomic E-state index is 9.32. The van der Waals surface area contributed by atoms with Gasteiger partial charge in [0.1, 0.15) is 5.75 Å². The average Bonchev–Trinajstić information content (AvgIpc) is 2.12. The van der Waals surface area contributed by atoms with E-state index in [2.05, 4.69) is 12.2 Å².